The lowest BCUT2D eigenvalue weighted by atomic mass is 10.00. The number of nitrogens with one attached hydrogen (secondary N) is 2. The lowest BCUT2D eigenvalue weighted by Gasteiger charge is -2.35. The van der Waals surface area contributed by atoms with Crippen LogP contribution in [0, 0.1) is 5.92 Å². The average molecular weight is 415 g/mol. The van der Waals surface area contributed by atoms with E-state index in [0.717, 1.165) is 53.4 Å². The van der Waals surface area contributed by atoms with E-state index in [2.05, 4.69) is 75.6 Å². The molecule has 6 nitrogen and oxygen atoms in total. The predicted octanol–water partition coefficient (Wildman–Crippen LogP) is 4.76. The molecule has 1 saturated heterocycles. The zero-order valence-electron chi connectivity index (χ0n) is 18.0. The van der Waals surface area contributed by atoms with Gasteiger partial charge in [0.15, 0.2) is 5.65 Å². The van der Waals surface area contributed by atoms with Crippen molar-refractivity contribution in [2.75, 3.05) is 24.5 Å². The van der Waals surface area contributed by atoms with Crippen molar-refractivity contribution in [2.45, 2.75) is 26.3 Å². The molecule has 4 heterocycles. The SMILES string of the molecule is CC(C)C[C@H]1CN(c2ccc(-c3ccccc3)c(-c3[nH]nc4ncccc34)n2)CCN1.[HH]. The first-order chi connectivity index (χ1) is 15.2. The highest BCUT2D eigenvalue weighted by atomic mass is 15.2. The molecule has 1 aliphatic rings. The molecule has 1 atom stereocenters. The first-order valence-corrected chi connectivity index (χ1v) is 11.0. The molecule has 4 aromatic rings. The molecule has 160 valence electrons. The van der Waals surface area contributed by atoms with Crippen molar-refractivity contribution in [1.29, 1.82) is 0 Å². The van der Waals surface area contributed by atoms with Gasteiger partial charge in [0.05, 0.1) is 11.4 Å². The second kappa shape index (κ2) is 8.47. The maximum atomic E-state index is 5.18. The minimum atomic E-state index is 0. The van der Waals surface area contributed by atoms with Crippen LogP contribution in [-0.4, -0.2) is 45.8 Å². The van der Waals surface area contributed by atoms with Crippen LogP contribution in [0.4, 0.5) is 5.82 Å². The Morgan fingerprint density at radius 1 is 1.10 bits per heavy atom. The molecule has 0 aliphatic carbocycles. The van der Waals surface area contributed by atoms with E-state index in [0.29, 0.717) is 17.6 Å². The fourth-order valence-corrected chi connectivity index (χ4v) is 4.46. The maximum Gasteiger partial charge on any atom is 0.181 e. The summed E-state index contributed by atoms with van der Waals surface area (Å²) in [6, 6.07) is 19.2. The van der Waals surface area contributed by atoms with Crippen LogP contribution in [0.5, 0.6) is 0 Å². The third-order valence-electron chi connectivity index (χ3n) is 5.87. The van der Waals surface area contributed by atoms with Crippen LogP contribution in [0.1, 0.15) is 21.7 Å². The number of hydrogen-bond acceptors (Lipinski definition) is 5. The highest BCUT2D eigenvalue weighted by molar-refractivity contribution is 5.94. The van der Waals surface area contributed by atoms with Crippen molar-refractivity contribution in [2.24, 2.45) is 5.92 Å². The highest BCUT2D eigenvalue weighted by Gasteiger charge is 2.23. The van der Waals surface area contributed by atoms with Gasteiger partial charge in [-0.05, 0) is 42.2 Å². The van der Waals surface area contributed by atoms with Crippen LogP contribution in [0.15, 0.2) is 60.8 Å². The van der Waals surface area contributed by atoms with Crippen LogP contribution in [0.25, 0.3) is 33.5 Å². The first-order valence-electron chi connectivity index (χ1n) is 11.0. The summed E-state index contributed by atoms with van der Waals surface area (Å²) >= 11 is 0. The molecule has 1 fully saturated rings. The van der Waals surface area contributed by atoms with Gasteiger partial charge in [-0.1, -0.05) is 44.2 Å². The van der Waals surface area contributed by atoms with Gasteiger partial charge in [-0.2, -0.15) is 5.10 Å². The fourth-order valence-electron chi connectivity index (χ4n) is 4.46. The Labute approximate surface area is 184 Å². The number of nitrogens with zero attached hydrogens (tertiary/aromatic N) is 4. The first kappa shape index (κ1) is 19.7. The molecule has 0 saturated carbocycles. The van der Waals surface area contributed by atoms with Crippen LogP contribution < -0.4 is 10.2 Å². The van der Waals surface area contributed by atoms with Crippen molar-refractivity contribution in [1.82, 2.24) is 25.5 Å². The summed E-state index contributed by atoms with van der Waals surface area (Å²) in [5.41, 5.74) is 4.77. The van der Waals surface area contributed by atoms with Crippen molar-refractivity contribution < 1.29 is 1.43 Å². The van der Waals surface area contributed by atoms with E-state index in [1.54, 1.807) is 6.20 Å². The fraction of sp³-hybridized carbons (Fsp3) is 0.320. The number of aromatic amines is 1. The van der Waals surface area contributed by atoms with E-state index in [4.69, 9.17) is 4.98 Å². The van der Waals surface area contributed by atoms with Gasteiger partial charge in [-0.25, -0.2) is 9.97 Å². The molecule has 6 heteroatoms. The topological polar surface area (TPSA) is 69.7 Å². The summed E-state index contributed by atoms with van der Waals surface area (Å²) in [5, 5.41) is 12.3. The van der Waals surface area contributed by atoms with Crippen LogP contribution in [0.2, 0.25) is 0 Å². The van der Waals surface area contributed by atoms with E-state index in [1.165, 1.54) is 6.42 Å². The van der Waals surface area contributed by atoms with Gasteiger partial charge in [0.2, 0.25) is 0 Å². The Hall–Kier alpha value is -3.25. The number of piperazine rings is 1. The third-order valence-corrected chi connectivity index (χ3v) is 5.87. The van der Waals surface area contributed by atoms with E-state index in [9.17, 15) is 0 Å². The monoisotopic (exact) mass is 414 g/mol. The molecule has 1 aliphatic heterocycles. The molecule has 2 N–H and O–H groups in total. The summed E-state index contributed by atoms with van der Waals surface area (Å²) in [6.07, 6.45) is 2.94. The molecule has 0 bridgehead atoms. The Kier molecular flexibility index (Phi) is 5.38. The Balaban J connectivity index is 0.00000245. The summed E-state index contributed by atoms with van der Waals surface area (Å²) in [5.74, 6) is 1.68. The van der Waals surface area contributed by atoms with Crippen LogP contribution >= 0.6 is 0 Å². The third kappa shape index (κ3) is 4.03. The van der Waals surface area contributed by atoms with Crippen molar-refractivity contribution in [3.63, 3.8) is 0 Å². The van der Waals surface area contributed by atoms with Gasteiger partial charge >= 0.3 is 0 Å². The van der Waals surface area contributed by atoms with Crippen molar-refractivity contribution in [3.8, 4) is 22.5 Å². The largest absolute Gasteiger partial charge is 0.354 e. The molecule has 0 unspecified atom stereocenters. The number of rotatable bonds is 5. The zero-order chi connectivity index (χ0) is 21.2. The molecule has 31 heavy (non-hydrogen) atoms. The molecular formula is C25H30N6. The number of fused-ring (bicyclic) bond motifs is 1. The maximum absolute atomic E-state index is 5.18. The van der Waals surface area contributed by atoms with Crippen LogP contribution in [0.3, 0.4) is 0 Å². The Morgan fingerprint density at radius 2 is 1.97 bits per heavy atom. The van der Waals surface area contributed by atoms with Crippen LogP contribution in [-0.2, 0) is 0 Å². The number of pyridine rings is 2. The molecule has 0 radical (unpaired) electrons. The minimum Gasteiger partial charge on any atom is -0.354 e. The Morgan fingerprint density at radius 3 is 2.81 bits per heavy atom. The van der Waals surface area contributed by atoms with Gasteiger partial charge < -0.3 is 10.2 Å². The van der Waals surface area contributed by atoms with E-state index < -0.39 is 0 Å². The van der Waals surface area contributed by atoms with E-state index >= 15 is 0 Å². The van der Waals surface area contributed by atoms with Gasteiger partial charge in [-0.3, -0.25) is 5.10 Å². The van der Waals surface area contributed by atoms with Crippen molar-refractivity contribution in [3.05, 3.63) is 60.8 Å². The second-order valence-corrected chi connectivity index (χ2v) is 8.63. The van der Waals surface area contributed by atoms with Gasteiger partial charge in [0, 0.05) is 44.2 Å². The highest BCUT2D eigenvalue weighted by Crippen LogP contribution is 2.34. The Bertz CT molecular complexity index is 1170. The van der Waals surface area contributed by atoms with E-state index in [1.807, 2.05) is 18.2 Å². The van der Waals surface area contributed by atoms with Gasteiger partial charge in [-0.15, -0.1) is 0 Å². The summed E-state index contributed by atoms with van der Waals surface area (Å²) < 4.78 is 0. The lowest BCUT2D eigenvalue weighted by Crippen LogP contribution is -2.51. The molecule has 3 aromatic heterocycles. The summed E-state index contributed by atoms with van der Waals surface area (Å²) in [6.45, 7) is 7.47. The molecular weight excluding hydrogens is 384 g/mol. The quantitative estimate of drug-likeness (QED) is 0.493. The van der Waals surface area contributed by atoms with E-state index in [-0.39, 0.29) is 1.43 Å². The lowest BCUT2D eigenvalue weighted by molar-refractivity contribution is 0.387. The molecule has 0 amide bonds. The summed E-state index contributed by atoms with van der Waals surface area (Å²) in [7, 11) is 0. The standard InChI is InChI=1S/C25H28N6.H2/c1-17(2)15-19-16-31(14-13-26-19)22-11-10-20(18-7-4-3-5-8-18)23(28-22)24-21-9-6-12-27-25(21)30-29-24;/h3-12,17,19,26H,13-16H2,1-2H3,(H,27,29,30);1H/t19-;/m0./s1. The van der Waals surface area contributed by atoms with Gasteiger partial charge in [0.25, 0.3) is 0 Å². The normalized spacial score (nSPS) is 16.9. The van der Waals surface area contributed by atoms with Gasteiger partial charge in [0.1, 0.15) is 5.82 Å². The average Bonchev–Trinajstić information content (AvgIpc) is 3.23. The zero-order valence-corrected chi connectivity index (χ0v) is 18.0. The smallest absolute Gasteiger partial charge is 0.181 e. The predicted molar refractivity (Wildman–Crippen MR) is 128 cm³/mol. The summed E-state index contributed by atoms with van der Waals surface area (Å²) in [4.78, 5) is 12.0. The molecule has 1 aromatic carbocycles. The minimum absolute atomic E-state index is 0. The second-order valence-electron chi connectivity index (χ2n) is 8.63. The molecule has 5 rings (SSSR count). The number of anilines is 1. The number of aromatic nitrogens is 4. The molecule has 0 spiro atoms. The number of H-pyrrole nitrogens is 1. The van der Waals surface area contributed by atoms with Crippen molar-refractivity contribution >= 4 is 16.9 Å². The number of benzene rings is 1. The number of hydrogen-bond donors (Lipinski definition) is 2.